The van der Waals surface area contributed by atoms with Crippen LogP contribution in [0, 0.1) is 17.1 Å². The summed E-state index contributed by atoms with van der Waals surface area (Å²) in [6.07, 6.45) is -1.37. The number of hydrogen-bond acceptors (Lipinski definition) is 6. The number of aromatic hydroxyl groups is 1. The van der Waals surface area contributed by atoms with Crippen molar-refractivity contribution in [1.82, 2.24) is 14.9 Å². The molecule has 1 aliphatic rings. The fourth-order valence-electron chi connectivity index (χ4n) is 4.74. The van der Waals surface area contributed by atoms with Gasteiger partial charge in [-0.25, -0.2) is 14.2 Å². The fraction of sp³-hybridized carbons (Fsp3) is 0.200. The lowest BCUT2D eigenvalue weighted by molar-refractivity contribution is -0.192. The quantitative estimate of drug-likeness (QED) is 0.233. The van der Waals surface area contributed by atoms with Crippen LogP contribution in [0.1, 0.15) is 22.9 Å². The van der Waals surface area contributed by atoms with E-state index in [1.54, 1.807) is 53.8 Å². The van der Waals surface area contributed by atoms with Gasteiger partial charge >= 0.3 is 12.1 Å². The van der Waals surface area contributed by atoms with Crippen molar-refractivity contribution in [2.45, 2.75) is 18.6 Å². The van der Waals surface area contributed by atoms with Crippen LogP contribution in [0.15, 0.2) is 73.2 Å². The van der Waals surface area contributed by atoms with Crippen LogP contribution < -0.4 is 4.90 Å². The highest BCUT2D eigenvalue weighted by atomic mass is 35.5. The number of carbonyl (C=O) groups is 2. The maximum atomic E-state index is 14.3. The number of carboxylic acid groups (broad SMARTS) is 1. The predicted octanol–water partition coefficient (Wildman–Crippen LogP) is 5.71. The minimum absolute atomic E-state index is 0.00491. The van der Waals surface area contributed by atoms with E-state index < -0.39 is 18.0 Å². The number of halogens is 5. The minimum atomic E-state index is -5.08. The molecule has 228 valence electrons. The molecule has 1 aliphatic heterocycles. The Hall–Kier alpha value is -4.93. The first-order valence-corrected chi connectivity index (χ1v) is 13.4. The Morgan fingerprint density at radius 3 is 2.48 bits per heavy atom. The van der Waals surface area contributed by atoms with Gasteiger partial charge in [-0.3, -0.25) is 9.69 Å². The summed E-state index contributed by atoms with van der Waals surface area (Å²) >= 11 is 6.31. The van der Waals surface area contributed by atoms with Crippen LogP contribution >= 0.6 is 11.6 Å². The number of anilines is 1. The lowest BCUT2D eigenvalue weighted by Gasteiger charge is -2.39. The van der Waals surface area contributed by atoms with Gasteiger partial charge in [-0.1, -0.05) is 35.9 Å². The molecule has 9 nitrogen and oxygen atoms in total. The van der Waals surface area contributed by atoms with Crippen molar-refractivity contribution in [2.24, 2.45) is 0 Å². The van der Waals surface area contributed by atoms with E-state index in [-0.39, 0.29) is 29.8 Å². The number of amides is 1. The number of imidazole rings is 1. The number of phenolic OH excluding ortho intramolecular Hbond substituents is 1. The highest BCUT2D eigenvalue weighted by Crippen LogP contribution is 2.36. The Balaban J connectivity index is 0.000000566. The van der Waals surface area contributed by atoms with Crippen molar-refractivity contribution in [1.29, 1.82) is 5.26 Å². The topological polar surface area (TPSA) is 134 Å². The fourth-order valence-corrected chi connectivity index (χ4v) is 4.91. The zero-order valence-electron chi connectivity index (χ0n) is 22.7. The molecule has 14 heteroatoms. The van der Waals surface area contributed by atoms with Crippen molar-refractivity contribution in [2.75, 3.05) is 24.5 Å². The predicted molar refractivity (Wildman–Crippen MR) is 152 cm³/mol. The standard InChI is InChI=1S/C28H23ClFN5O2.C2HF3O2/c29-21-6-7-23(19-2-1-3-22(36)12-19)26(13-21)35-9-8-34(16-28(35)37)27(25-15-32-17-33-25)11-18-4-5-20(14-31)24(30)10-18;3-2(4,5)1(6)7/h1-7,10,12-13,15,17,27,36H,8-9,11,16H2,(H,32,33);(H,6,7). The van der Waals surface area contributed by atoms with Crippen LogP contribution in [0.25, 0.3) is 11.1 Å². The number of benzene rings is 3. The summed E-state index contributed by atoms with van der Waals surface area (Å²) in [6, 6.07) is 18.4. The number of H-pyrrole nitrogens is 1. The van der Waals surface area contributed by atoms with Gasteiger partial charge in [0.25, 0.3) is 0 Å². The van der Waals surface area contributed by atoms with Crippen molar-refractivity contribution >= 4 is 29.2 Å². The second kappa shape index (κ2) is 13.6. The third kappa shape index (κ3) is 7.71. The molecule has 0 saturated carbocycles. The number of phenols is 1. The zero-order chi connectivity index (χ0) is 32.0. The van der Waals surface area contributed by atoms with Gasteiger partial charge in [-0.15, -0.1) is 0 Å². The van der Waals surface area contributed by atoms with Gasteiger partial charge in [-0.05, 0) is 53.9 Å². The summed E-state index contributed by atoms with van der Waals surface area (Å²) < 4.78 is 46.0. The molecule has 0 spiro atoms. The van der Waals surface area contributed by atoms with Crippen LogP contribution in [0.3, 0.4) is 0 Å². The molecule has 1 aromatic heterocycles. The first-order valence-electron chi connectivity index (χ1n) is 13.0. The highest BCUT2D eigenvalue weighted by molar-refractivity contribution is 6.31. The van der Waals surface area contributed by atoms with Crippen molar-refractivity contribution in [3.05, 3.63) is 101 Å². The third-order valence-electron chi connectivity index (χ3n) is 6.80. The SMILES string of the molecule is N#Cc1ccc(CC(c2cnc[nH]2)N2CCN(c3cc(Cl)ccc3-c3cccc(O)c3)C(=O)C2)cc1F.O=C(O)C(F)(F)F. The number of carboxylic acids is 1. The van der Waals surface area contributed by atoms with Crippen LogP contribution in [0.4, 0.5) is 23.2 Å². The summed E-state index contributed by atoms with van der Waals surface area (Å²) in [5, 5.41) is 26.6. The molecule has 0 aliphatic carbocycles. The van der Waals surface area contributed by atoms with Gasteiger partial charge in [0, 0.05) is 29.9 Å². The summed E-state index contributed by atoms with van der Waals surface area (Å²) in [5.74, 6) is -3.29. The first-order chi connectivity index (χ1) is 20.9. The van der Waals surface area contributed by atoms with E-state index in [1.165, 1.54) is 12.1 Å². The van der Waals surface area contributed by atoms with Gasteiger partial charge in [0.15, 0.2) is 0 Å². The molecule has 0 radical (unpaired) electrons. The molecule has 1 amide bonds. The Labute approximate surface area is 253 Å². The Morgan fingerprint density at radius 2 is 1.89 bits per heavy atom. The average Bonchev–Trinajstić information content (AvgIpc) is 3.50. The second-order valence-electron chi connectivity index (χ2n) is 9.68. The molecule has 2 heterocycles. The molecule has 3 N–H and O–H groups in total. The molecule has 5 rings (SSSR count). The Kier molecular flexibility index (Phi) is 9.87. The molecule has 1 saturated heterocycles. The normalized spacial score (nSPS) is 14.4. The van der Waals surface area contributed by atoms with Crippen LogP contribution in [-0.2, 0) is 16.0 Å². The molecule has 1 atom stereocenters. The number of rotatable bonds is 6. The van der Waals surface area contributed by atoms with Crippen molar-refractivity contribution in [3.63, 3.8) is 0 Å². The van der Waals surface area contributed by atoms with Crippen LogP contribution in [0.2, 0.25) is 5.02 Å². The second-order valence-corrected chi connectivity index (χ2v) is 10.1. The van der Waals surface area contributed by atoms with Gasteiger partial charge in [-0.2, -0.15) is 18.4 Å². The third-order valence-corrected chi connectivity index (χ3v) is 7.04. The summed E-state index contributed by atoms with van der Waals surface area (Å²) in [5.41, 5.74) is 3.77. The van der Waals surface area contributed by atoms with Gasteiger partial charge in [0.2, 0.25) is 5.91 Å². The number of aromatic amines is 1. The van der Waals surface area contributed by atoms with E-state index in [4.69, 9.17) is 26.8 Å². The minimum Gasteiger partial charge on any atom is -0.508 e. The van der Waals surface area contributed by atoms with E-state index in [1.807, 2.05) is 23.1 Å². The number of aliphatic carboxylic acids is 1. The number of piperazine rings is 1. The number of nitriles is 1. The summed E-state index contributed by atoms with van der Waals surface area (Å²) in [7, 11) is 0. The maximum Gasteiger partial charge on any atom is 0.490 e. The molecule has 1 fully saturated rings. The van der Waals surface area contributed by atoms with E-state index in [9.17, 15) is 27.5 Å². The summed E-state index contributed by atoms with van der Waals surface area (Å²) in [6.45, 7) is 1.10. The number of hydrogen-bond donors (Lipinski definition) is 3. The number of carbonyl (C=O) groups excluding carboxylic acids is 1. The number of nitrogens with zero attached hydrogens (tertiary/aromatic N) is 4. The first kappa shape index (κ1) is 32.0. The average molecular weight is 630 g/mol. The Bertz CT molecular complexity index is 1690. The van der Waals surface area contributed by atoms with Crippen molar-refractivity contribution < 1.29 is 37.4 Å². The van der Waals surface area contributed by atoms with Gasteiger partial charge in [0.1, 0.15) is 17.6 Å². The van der Waals surface area contributed by atoms with E-state index in [0.717, 1.165) is 16.8 Å². The molecule has 0 bridgehead atoms. The lowest BCUT2D eigenvalue weighted by Crippen LogP contribution is -2.52. The molecule has 1 unspecified atom stereocenters. The van der Waals surface area contributed by atoms with E-state index in [2.05, 4.69) is 9.97 Å². The van der Waals surface area contributed by atoms with Crippen molar-refractivity contribution in [3.8, 4) is 22.9 Å². The number of nitrogens with one attached hydrogen (secondary N) is 1. The van der Waals surface area contributed by atoms with E-state index >= 15 is 0 Å². The molecule has 3 aromatic carbocycles. The lowest BCUT2D eigenvalue weighted by atomic mass is 9.99. The monoisotopic (exact) mass is 629 g/mol. The Morgan fingerprint density at radius 1 is 1.14 bits per heavy atom. The maximum absolute atomic E-state index is 14.3. The highest BCUT2D eigenvalue weighted by Gasteiger charge is 2.38. The van der Waals surface area contributed by atoms with Gasteiger partial charge < -0.3 is 20.1 Å². The van der Waals surface area contributed by atoms with Crippen LogP contribution in [0.5, 0.6) is 5.75 Å². The number of aromatic nitrogens is 2. The molecule has 4 aromatic rings. The molecule has 44 heavy (non-hydrogen) atoms. The zero-order valence-corrected chi connectivity index (χ0v) is 23.5. The number of alkyl halides is 3. The van der Waals surface area contributed by atoms with E-state index in [0.29, 0.717) is 35.8 Å². The molecular formula is C30H24ClF4N5O4. The smallest absolute Gasteiger partial charge is 0.490 e. The molecular weight excluding hydrogens is 606 g/mol. The van der Waals surface area contributed by atoms with Gasteiger partial charge in [0.05, 0.1) is 35.9 Å². The largest absolute Gasteiger partial charge is 0.508 e. The van der Waals surface area contributed by atoms with Crippen LogP contribution in [-0.4, -0.2) is 62.8 Å². The summed E-state index contributed by atoms with van der Waals surface area (Å²) in [4.78, 5) is 33.4.